The molecule has 0 amide bonds. The van der Waals surface area contributed by atoms with Crippen molar-refractivity contribution in [1.29, 1.82) is 0 Å². The molecule has 0 atom stereocenters. The van der Waals surface area contributed by atoms with E-state index in [-0.39, 0.29) is 5.92 Å². The van der Waals surface area contributed by atoms with Crippen LogP contribution in [0.15, 0.2) is 30.3 Å². The molecule has 4 rings (SSSR count). The van der Waals surface area contributed by atoms with Crippen molar-refractivity contribution in [2.45, 2.75) is 40.2 Å². The van der Waals surface area contributed by atoms with E-state index in [4.69, 9.17) is 10.2 Å². The fourth-order valence-electron chi connectivity index (χ4n) is 3.01. The SMILES string of the molecule is Cc1nn(Cc2ccccc2)c(C)c1-c1nn2c(C(C)C)nnc2s1. The van der Waals surface area contributed by atoms with Gasteiger partial charge in [-0.3, -0.25) is 4.68 Å². The Bertz CT molecular complexity index is 1020. The maximum Gasteiger partial charge on any atom is 0.234 e. The molecule has 1 aromatic carbocycles. The Morgan fingerprint density at radius 3 is 2.52 bits per heavy atom. The largest absolute Gasteiger partial charge is 0.264 e. The van der Waals surface area contributed by atoms with Crippen LogP contribution in [0.3, 0.4) is 0 Å². The lowest BCUT2D eigenvalue weighted by molar-refractivity contribution is 0.659. The summed E-state index contributed by atoms with van der Waals surface area (Å²) < 4.78 is 3.91. The number of fused-ring (bicyclic) bond motifs is 1. The van der Waals surface area contributed by atoms with E-state index in [2.05, 4.69) is 55.2 Å². The van der Waals surface area contributed by atoms with Crippen molar-refractivity contribution in [2.75, 3.05) is 0 Å². The average Bonchev–Trinajstić information content (AvgIpc) is 3.21. The van der Waals surface area contributed by atoms with Gasteiger partial charge in [-0.15, -0.1) is 10.2 Å². The van der Waals surface area contributed by atoms with Crippen LogP contribution in [0.5, 0.6) is 0 Å². The van der Waals surface area contributed by atoms with Crippen LogP contribution in [-0.4, -0.2) is 29.6 Å². The molecule has 7 heteroatoms. The first-order valence-corrected chi connectivity index (χ1v) is 9.16. The van der Waals surface area contributed by atoms with Gasteiger partial charge in [-0.1, -0.05) is 55.5 Å². The maximum absolute atomic E-state index is 4.76. The highest BCUT2D eigenvalue weighted by molar-refractivity contribution is 7.19. The van der Waals surface area contributed by atoms with Gasteiger partial charge in [-0.2, -0.15) is 14.7 Å². The Hall–Kier alpha value is -2.54. The van der Waals surface area contributed by atoms with E-state index in [0.717, 1.165) is 39.3 Å². The molecule has 0 saturated heterocycles. The topological polar surface area (TPSA) is 60.9 Å². The van der Waals surface area contributed by atoms with Gasteiger partial charge in [0.05, 0.1) is 17.8 Å². The first kappa shape index (κ1) is 16.0. The third kappa shape index (κ3) is 2.74. The second-order valence-corrected chi connectivity index (χ2v) is 7.46. The van der Waals surface area contributed by atoms with Gasteiger partial charge in [-0.05, 0) is 19.4 Å². The van der Waals surface area contributed by atoms with Crippen molar-refractivity contribution in [3.05, 3.63) is 53.1 Å². The molecule has 4 aromatic rings. The lowest BCUT2D eigenvalue weighted by Gasteiger charge is -2.04. The number of benzene rings is 1. The van der Waals surface area contributed by atoms with Crippen molar-refractivity contribution >= 4 is 16.3 Å². The van der Waals surface area contributed by atoms with Gasteiger partial charge in [0.25, 0.3) is 0 Å². The van der Waals surface area contributed by atoms with Crippen molar-refractivity contribution < 1.29 is 0 Å². The number of aromatic nitrogens is 6. The molecule has 128 valence electrons. The summed E-state index contributed by atoms with van der Waals surface area (Å²) in [6, 6.07) is 10.4. The van der Waals surface area contributed by atoms with E-state index >= 15 is 0 Å². The highest BCUT2D eigenvalue weighted by Crippen LogP contribution is 2.31. The smallest absolute Gasteiger partial charge is 0.234 e. The minimum absolute atomic E-state index is 0.285. The van der Waals surface area contributed by atoms with Gasteiger partial charge in [0.15, 0.2) is 10.8 Å². The summed E-state index contributed by atoms with van der Waals surface area (Å²) in [7, 11) is 0. The van der Waals surface area contributed by atoms with Crippen LogP contribution in [0.2, 0.25) is 0 Å². The summed E-state index contributed by atoms with van der Waals surface area (Å²) >= 11 is 1.56. The van der Waals surface area contributed by atoms with Gasteiger partial charge in [0.2, 0.25) is 4.96 Å². The number of hydrogen-bond acceptors (Lipinski definition) is 5. The van der Waals surface area contributed by atoms with Crippen LogP contribution in [0.4, 0.5) is 0 Å². The summed E-state index contributed by atoms with van der Waals surface area (Å²) in [5, 5.41) is 18.9. The maximum atomic E-state index is 4.76. The third-order valence-electron chi connectivity index (χ3n) is 4.30. The van der Waals surface area contributed by atoms with Gasteiger partial charge < -0.3 is 0 Å². The highest BCUT2D eigenvalue weighted by Gasteiger charge is 2.20. The molecule has 0 aliphatic rings. The molecule has 0 bridgehead atoms. The molecule has 0 aliphatic heterocycles. The molecule has 25 heavy (non-hydrogen) atoms. The quantitative estimate of drug-likeness (QED) is 0.560. The van der Waals surface area contributed by atoms with E-state index < -0.39 is 0 Å². The normalized spacial score (nSPS) is 11.7. The Kier molecular flexibility index (Phi) is 3.88. The van der Waals surface area contributed by atoms with E-state index in [1.807, 2.05) is 22.2 Å². The molecule has 0 unspecified atom stereocenters. The minimum atomic E-state index is 0.285. The summed E-state index contributed by atoms with van der Waals surface area (Å²) in [5.74, 6) is 1.18. The predicted molar refractivity (Wildman–Crippen MR) is 99.0 cm³/mol. The minimum Gasteiger partial charge on any atom is -0.264 e. The Morgan fingerprint density at radius 1 is 1.04 bits per heavy atom. The van der Waals surface area contributed by atoms with E-state index in [9.17, 15) is 0 Å². The molecule has 0 spiro atoms. The molecular formula is C18H20N6S. The second-order valence-electron chi connectivity index (χ2n) is 6.50. The molecule has 0 N–H and O–H groups in total. The van der Waals surface area contributed by atoms with Gasteiger partial charge in [0.1, 0.15) is 0 Å². The van der Waals surface area contributed by atoms with Gasteiger partial charge in [0, 0.05) is 11.6 Å². The summed E-state index contributed by atoms with van der Waals surface area (Å²) in [5.41, 5.74) is 4.45. The Morgan fingerprint density at radius 2 is 1.80 bits per heavy atom. The van der Waals surface area contributed by atoms with Crippen molar-refractivity contribution in [2.24, 2.45) is 0 Å². The molecule has 0 saturated carbocycles. The summed E-state index contributed by atoms with van der Waals surface area (Å²) in [6.07, 6.45) is 0. The Labute approximate surface area is 150 Å². The number of hydrogen-bond donors (Lipinski definition) is 0. The van der Waals surface area contributed by atoms with Crippen LogP contribution in [0, 0.1) is 13.8 Å². The zero-order valence-corrected chi connectivity index (χ0v) is 15.6. The number of nitrogens with zero attached hydrogens (tertiary/aromatic N) is 6. The van der Waals surface area contributed by atoms with Crippen molar-refractivity contribution in [1.82, 2.24) is 29.6 Å². The zero-order chi connectivity index (χ0) is 17.6. The van der Waals surface area contributed by atoms with Crippen molar-refractivity contribution in [3.8, 4) is 10.6 Å². The lowest BCUT2D eigenvalue weighted by atomic mass is 10.2. The molecule has 3 heterocycles. The van der Waals surface area contributed by atoms with Crippen LogP contribution in [0.1, 0.15) is 42.5 Å². The third-order valence-corrected chi connectivity index (χ3v) is 5.22. The van der Waals surface area contributed by atoms with E-state index in [1.165, 1.54) is 5.56 Å². The molecule has 0 aliphatic carbocycles. The zero-order valence-electron chi connectivity index (χ0n) is 14.8. The number of aryl methyl sites for hydroxylation is 1. The standard InChI is InChI=1S/C18H20N6S/c1-11(2)16-19-20-18-24(16)22-17(25-18)15-12(3)21-23(13(15)4)10-14-8-6-5-7-9-14/h5-9,11H,10H2,1-4H3. The summed E-state index contributed by atoms with van der Waals surface area (Å²) in [6.45, 7) is 9.10. The fourth-order valence-corrected chi connectivity index (χ4v) is 4.01. The highest BCUT2D eigenvalue weighted by atomic mass is 32.1. The predicted octanol–water partition coefficient (Wildman–Crippen LogP) is 3.84. The van der Waals surface area contributed by atoms with Gasteiger partial charge >= 0.3 is 0 Å². The molecule has 0 fully saturated rings. The molecule has 3 aromatic heterocycles. The molecule has 0 radical (unpaired) electrons. The van der Waals surface area contributed by atoms with Crippen molar-refractivity contribution in [3.63, 3.8) is 0 Å². The molecule has 6 nitrogen and oxygen atoms in total. The average molecular weight is 352 g/mol. The Balaban J connectivity index is 1.76. The first-order valence-electron chi connectivity index (χ1n) is 8.35. The first-order chi connectivity index (χ1) is 12.0. The van der Waals surface area contributed by atoms with Crippen LogP contribution in [-0.2, 0) is 6.54 Å². The summed E-state index contributed by atoms with van der Waals surface area (Å²) in [4.78, 5) is 0.827. The lowest BCUT2D eigenvalue weighted by Crippen LogP contribution is -2.03. The van der Waals surface area contributed by atoms with E-state index in [0.29, 0.717) is 0 Å². The van der Waals surface area contributed by atoms with Crippen LogP contribution >= 0.6 is 11.3 Å². The molecular weight excluding hydrogens is 332 g/mol. The monoisotopic (exact) mass is 352 g/mol. The van der Waals surface area contributed by atoms with E-state index in [1.54, 1.807) is 11.3 Å². The van der Waals surface area contributed by atoms with Crippen LogP contribution in [0.25, 0.3) is 15.5 Å². The van der Waals surface area contributed by atoms with Crippen LogP contribution < -0.4 is 0 Å². The second kappa shape index (κ2) is 6.07. The van der Waals surface area contributed by atoms with Gasteiger partial charge in [-0.25, -0.2) is 0 Å². The number of rotatable bonds is 4. The fraction of sp³-hybridized carbons (Fsp3) is 0.333.